The van der Waals surface area contributed by atoms with Gasteiger partial charge >= 0.3 is 0 Å². The molecule has 0 amide bonds. The second-order valence-electron chi connectivity index (χ2n) is 30.2. The summed E-state index contributed by atoms with van der Waals surface area (Å²) in [6.45, 7) is 103. The van der Waals surface area contributed by atoms with Crippen LogP contribution in [0.4, 0.5) is 0 Å². The molecule has 1 aromatic heterocycles. The van der Waals surface area contributed by atoms with Crippen LogP contribution < -0.4 is 10.6 Å². The maximum Gasteiger partial charge on any atom is 0.0591 e. The highest BCUT2D eigenvalue weighted by Gasteiger charge is 2.32. The average molecular weight is 1290 g/mol. The van der Waals surface area contributed by atoms with Crippen molar-refractivity contribution in [1.29, 1.82) is 0 Å². The number of piperidine rings is 1. The molecule has 7 fully saturated rings. The molecule has 1 aromatic rings. The summed E-state index contributed by atoms with van der Waals surface area (Å²) in [5, 5.41) is 10.7. The Labute approximate surface area is 573 Å². The first-order valence-electron chi connectivity index (χ1n) is 38.0. The molecule has 0 saturated carbocycles. The Morgan fingerprint density at radius 3 is 0.778 bits per heavy atom. The minimum absolute atomic E-state index is 0. The standard InChI is InChI=1S/C9H19N.C9H18O.C8H17N.2C8H16O.C7H12N2.C7H14O.C4H9NO.C4H10.8C2H6.H2/c2*1-9(2,3)8-4-6-10-7-5-8;1-8(2,3)9-6-4-5-7-9;2*1-8(2,3)7-4-5-9-6-7;1-7(2,3)9-6-4-5-8-9;1-7(2,3)6-4-8-5-6;1-3-6-4-2-5-1;1-4(2)3;8*1-2;/h8,10H,4-7H2,1-3H3;8H,4-7H2,1-3H3;4-7H2,1-3H3;2*7H,4-6H2,1-3H3;4-6H,1-3H3;6H,4-5H2,1-3H3;5H,1-4H2;4H,1-3H3;8*1-2H3;1H. The third kappa shape index (κ3) is 68.3. The molecule has 8 rings (SSSR count). The van der Waals surface area contributed by atoms with E-state index in [9.17, 15) is 0 Å². The van der Waals surface area contributed by atoms with E-state index in [1.165, 1.54) is 77.5 Å². The molecule has 10 nitrogen and oxygen atoms in total. The Morgan fingerprint density at radius 2 is 0.633 bits per heavy atom. The van der Waals surface area contributed by atoms with Gasteiger partial charge in [0.25, 0.3) is 0 Å². The van der Waals surface area contributed by atoms with Crippen LogP contribution in [0.1, 0.15) is 330 Å². The number of hydrogen-bond acceptors (Lipinski definition) is 9. The Kier molecular flexibility index (Phi) is 79.5. The summed E-state index contributed by atoms with van der Waals surface area (Å²) in [5.41, 5.74) is 2.94. The lowest BCUT2D eigenvalue weighted by molar-refractivity contribution is -0.0821. The highest BCUT2D eigenvalue weighted by atomic mass is 16.5. The van der Waals surface area contributed by atoms with E-state index in [0.717, 1.165) is 115 Å². The summed E-state index contributed by atoms with van der Waals surface area (Å²) < 4.78 is 27.9. The lowest BCUT2D eigenvalue weighted by Gasteiger charge is -2.37. The molecular formula is C80H181N5O5. The zero-order valence-corrected chi connectivity index (χ0v) is 70.0. The van der Waals surface area contributed by atoms with Crippen molar-refractivity contribution in [3.63, 3.8) is 0 Å². The molecule has 2 unspecified atom stereocenters. The van der Waals surface area contributed by atoms with Crippen LogP contribution in [0.5, 0.6) is 0 Å². The van der Waals surface area contributed by atoms with Gasteiger partial charge in [0.15, 0.2) is 0 Å². The van der Waals surface area contributed by atoms with Crippen molar-refractivity contribution in [3.05, 3.63) is 18.5 Å². The zero-order valence-electron chi connectivity index (χ0n) is 70.0. The molecular weight excluding hydrogens is 1110 g/mol. The SMILES string of the molecule is C1COCCN1.CC.CC.CC.CC.CC.CC.CC.CC.CC(C)(C)C1CCNCC1.CC(C)(C)C1CCOC1.CC(C)(C)C1CCOC1.CC(C)(C)C1CCOCC1.CC(C)(C)C1COC1.CC(C)(C)N1CCCC1.CC(C)(C)n1cccn1.CC(C)C.[HH]. The normalized spacial score (nSPS) is 19.0. The molecule has 0 radical (unpaired) electrons. The smallest absolute Gasteiger partial charge is 0.0591 e. The molecule has 0 aliphatic carbocycles. The molecule has 7 aliphatic rings. The predicted molar refractivity (Wildman–Crippen MR) is 413 cm³/mol. The molecule has 556 valence electrons. The first-order valence-corrected chi connectivity index (χ1v) is 38.0. The number of hydrogen-bond donors (Lipinski definition) is 2. The highest BCUT2D eigenvalue weighted by Crippen LogP contribution is 2.35. The maximum atomic E-state index is 5.29. The third-order valence-electron chi connectivity index (χ3n) is 15.3. The van der Waals surface area contributed by atoms with E-state index in [2.05, 4.69) is 187 Å². The van der Waals surface area contributed by atoms with Crippen molar-refractivity contribution >= 4 is 0 Å². The number of ether oxygens (including phenoxy) is 5. The van der Waals surface area contributed by atoms with Gasteiger partial charge in [-0.3, -0.25) is 9.58 Å². The van der Waals surface area contributed by atoms with Gasteiger partial charge in [0.1, 0.15) is 0 Å². The Bertz CT molecular complexity index is 1320. The fourth-order valence-electron chi connectivity index (χ4n) is 8.99. The highest BCUT2D eigenvalue weighted by molar-refractivity contribution is 4.84. The zero-order chi connectivity index (χ0) is 72.9. The lowest BCUT2D eigenvalue weighted by atomic mass is 9.76. The fourth-order valence-corrected chi connectivity index (χ4v) is 8.99. The summed E-state index contributed by atoms with van der Waals surface area (Å²) >= 11 is 0. The average Bonchev–Trinajstić information content (AvgIpc) is 3.43. The molecule has 90 heavy (non-hydrogen) atoms. The first kappa shape index (κ1) is 108. The third-order valence-corrected chi connectivity index (χ3v) is 15.3. The van der Waals surface area contributed by atoms with Crippen LogP contribution in [0.25, 0.3) is 0 Å². The van der Waals surface area contributed by atoms with E-state index in [4.69, 9.17) is 23.7 Å². The molecule has 8 heterocycles. The van der Waals surface area contributed by atoms with E-state index < -0.39 is 0 Å². The number of aromatic nitrogens is 2. The van der Waals surface area contributed by atoms with Crippen LogP contribution >= 0.6 is 0 Å². The Morgan fingerprint density at radius 1 is 0.356 bits per heavy atom. The quantitative estimate of drug-likeness (QED) is 0.264. The van der Waals surface area contributed by atoms with Crippen molar-refractivity contribution in [1.82, 2.24) is 25.3 Å². The minimum atomic E-state index is 0. The van der Waals surface area contributed by atoms with Crippen molar-refractivity contribution in [3.8, 4) is 0 Å². The van der Waals surface area contributed by atoms with E-state index in [0.29, 0.717) is 32.6 Å². The topological polar surface area (TPSA) is 91.3 Å². The van der Waals surface area contributed by atoms with Gasteiger partial charge in [-0.15, -0.1) is 0 Å². The summed E-state index contributed by atoms with van der Waals surface area (Å²) in [4.78, 5) is 2.55. The molecule has 7 saturated heterocycles. The van der Waals surface area contributed by atoms with Crippen molar-refractivity contribution in [2.24, 2.45) is 62.6 Å². The Balaban J connectivity index is -0.0000000989. The van der Waals surface area contributed by atoms with Gasteiger partial charge in [-0.25, -0.2) is 0 Å². The molecule has 0 spiro atoms. The summed E-state index contributed by atoms with van der Waals surface area (Å²) in [7, 11) is 0. The van der Waals surface area contributed by atoms with Crippen LogP contribution in [0, 0.1) is 62.6 Å². The minimum Gasteiger partial charge on any atom is -0.381 e. The van der Waals surface area contributed by atoms with Crippen molar-refractivity contribution in [2.75, 3.05) is 105 Å². The van der Waals surface area contributed by atoms with E-state index in [1.807, 2.05) is 128 Å². The van der Waals surface area contributed by atoms with Gasteiger partial charge in [-0.05, 0) is 182 Å². The van der Waals surface area contributed by atoms with Gasteiger partial charge in [-0.2, -0.15) is 5.10 Å². The molecule has 2 atom stereocenters. The van der Waals surface area contributed by atoms with Crippen LogP contribution in [0.3, 0.4) is 0 Å². The maximum absolute atomic E-state index is 5.29. The Hall–Kier alpha value is -1.11. The predicted octanol–water partition coefficient (Wildman–Crippen LogP) is 23.6. The van der Waals surface area contributed by atoms with Gasteiger partial charge in [-0.1, -0.05) is 235 Å². The number of nitrogens with one attached hydrogen (secondary N) is 2. The van der Waals surface area contributed by atoms with Gasteiger partial charge in [0.2, 0.25) is 0 Å². The second kappa shape index (κ2) is 66.5. The molecule has 7 aliphatic heterocycles. The van der Waals surface area contributed by atoms with Crippen LogP contribution in [-0.2, 0) is 29.2 Å². The first-order chi connectivity index (χ1) is 42.0. The van der Waals surface area contributed by atoms with E-state index in [-0.39, 0.29) is 6.97 Å². The molecule has 0 bridgehead atoms. The number of likely N-dealkylation sites (tertiary alicyclic amines) is 1. The lowest BCUT2D eigenvalue weighted by Crippen LogP contribution is -2.38. The number of rotatable bonds is 0. The van der Waals surface area contributed by atoms with E-state index in [1.54, 1.807) is 6.20 Å². The molecule has 0 aromatic carbocycles. The summed E-state index contributed by atoms with van der Waals surface area (Å²) in [6.07, 6.45) is 14.3. The summed E-state index contributed by atoms with van der Waals surface area (Å²) in [6, 6.07) is 1.94. The van der Waals surface area contributed by atoms with E-state index >= 15 is 0 Å². The largest absolute Gasteiger partial charge is 0.381 e. The second-order valence-corrected chi connectivity index (χ2v) is 30.2. The van der Waals surface area contributed by atoms with Crippen LogP contribution in [0.2, 0.25) is 0 Å². The van der Waals surface area contributed by atoms with Crippen molar-refractivity contribution < 1.29 is 25.1 Å². The monoisotopic (exact) mass is 1290 g/mol. The summed E-state index contributed by atoms with van der Waals surface area (Å²) in [5.74, 6) is 5.03. The van der Waals surface area contributed by atoms with Crippen molar-refractivity contribution in [2.45, 2.75) is 339 Å². The van der Waals surface area contributed by atoms with Gasteiger partial charge in [0, 0.05) is 78.0 Å². The van der Waals surface area contributed by atoms with Gasteiger partial charge in [0.05, 0.1) is 32.0 Å². The number of morpholine rings is 1. The van der Waals surface area contributed by atoms with Gasteiger partial charge < -0.3 is 34.3 Å². The molecule has 10 heteroatoms. The fraction of sp³-hybridized carbons (Fsp3) is 0.963. The van der Waals surface area contributed by atoms with Crippen LogP contribution in [0.15, 0.2) is 18.5 Å². The number of nitrogens with zero attached hydrogens (tertiary/aromatic N) is 3. The van der Waals surface area contributed by atoms with Crippen LogP contribution in [-0.4, -0.2) is 126 Å². The molecule has 2 N–H and O–H groups in total.